The van der Waals surface area contributed by atoms with Crippen LogP contribution in [0, 0.1) is 6.92 Å². The highest BCUT2D eigenvalue weighted by atomic mass is 16.5. The van der Waals surface area contributed by atoms with Gasteiger partial charge in [-0.15, -0.1) is 0 Å². The van der Waals surface area contributed by atoms with Gasteiger partial charge in [0.05, 0.1) is 18.0 Å². The zero-order chi connectivity index (χ0) is 16.4. The fourth-order valence-electron chi connectivity index (χ4n) is 2.50. The summed E-state index contributed by atoms with van der Waals surface area (Å²) in [4.78, 5) is 4.65. The van der Waals surface area contributed by atoms with Gasteiger partial charge < -0.3 is 14.2 Å². The average Bonchev–Trinajstić information content (AvgIpc) is 2.91. The molecule has 0 aliphatic carbocycles. The first-order valence-electron chi connectivity index (χ1n) is 7.54. The second-order valence-corrected chi connectivity index (χ2v) is 5.77. The van der Waals surface area contributed by atoms with E-state index in [1.54, 1.807) is 0 Å². The average molecular weight is 308 g/mol. The summed E-state index contributed by atoms with van der Waals surface area (Å²) in [7, 11) is 0. The molecule has 1 aromatic carbocycles. The van der Waals surface area contributed by atoms with Gasteiger partial charge in [-0.25, -0.2) is 4.98 Å². The minimum Gasteiger partial charge on any atom is -0.489 e. The molecule has 0 aliphatic rings. The van der Waals surface area contributed by atoms with Crippen molar-refractivity contribution in [2.24, 2.45) is 0 Å². The summed E-state index contributed by atoms with van der Waals surface area (Å²) in [5, 5.41) is 9.76. The van der Waals surface area contributed by atoms with Crippen LogP contribution >= 0.6 is 0 Å². The Hall–Kier alpha value is -2.59. The van der Waals surface area contributed by atoms with E-state index in [1.807, 2.05) is 60.8 Å². The Morgan fingerprint density at radius 2 is 1.96 bits per heavy atom. The molecule has 0 atom stereocenters. The third kappa shape index (κ3) is 3.12. The molecule has 0 radical (unpaired) electrons. The molecule has 1 N–H and O–H groups in total. The summed E-state index contributed by atoms with van der Waals surface area (Å²) in [6.45, 7) is 8.22. The molecule has 0 amide bonds. The quantitative estimate of drug-likeness (QED) is 0.730. The third-order valence-electron chi connectivity index (χ3n) is 3.63. The summed E-state index contributed by atoms with van der Waals surface area (Å²) >= 11 is 0. The van der Waals surface area contributed by atoms with Gasteiger partial charge in [0, 0.05) is 11.8 Å². The van der Waals surface area contributed by atoms with Crippen LogP contribution in [-0.4, -0.2) is 21.1 Å². The van der Waals surface area contributed by atoms with Crippen molar-refractivity contribution in [3.63, 3.8) is 0 Å². The number of hydrogen-bond acceptors (Lipinski definition) is 3. The summed E-state index contributed by atoms with van der Waals surface area (Å²) in [6, 6.07) is 11.7. The number of rotatable bonds is 5. The molecule has 0 saturated carbocycles. The van der Waals surface area contributed by atoms with Crippen LogP contribution in [-0.2, 0) is 6.61 Å². The van der Waals surface area contributed by atoms with Crippen LogP contribution in [0.4, 0.5) is 0 Å². The van der Waals surface area contributed by atoms with Crippen molar-refractivity contribution in [2.45, 2.75) is 20.5 Å². The highest BCUT2D eigenvalue weighted by Gasteiger charge is 2.13. The first kappa shape index (κ1) is 15.3. The van der Waals surface area contributed by atoms with E-state index in [4.69, 9.17) is 4.74 Å². The molecule has 2 heterocycles. The molecule has 0 fully saturated rings. The Kier molecular flexibility index (Phi) is 4.17. The van der Waals surface area contributed by atoms with Gasteiger partial charge in [0.25, 0.3) is 0 Å². The van der Waals surface area contributed by atoms with Crippen molar-refractivity contribution >= 4 is 5.65 Å². The van der Waals surface area contributed by atoms with E-state index in [9.17, 15) is 5.11 Å². The summed E-state index contributed by atoms with van der Waals surface area (Å²) < 4.78 is 7.56. The molecule has 0 saturated heterocycles. The van der Waals surface area contributed by atoms with E-state index in [0.717, 1.165) is 39.5 Å². The molecule has 0 aliphatic heterocycles. The number of aromatic nitrogens is 2. The number of nitrogens with zero attached hydrogens (tertiary/aromatic N) is 2. The number of aryl methyl sites for hydroxylation is 1. The number of hydrogen-bond donors (Lipinski definition) is 1. The molecule has 118 valence electrons. The van der Waals surface area contributed by atoms with Gasteiger partial charge in [0.15, 0.2) is 0 Å². The van der Waals surface area contributed by atoms with E-state index in [2.05, 4.69) is 11.6 Å². The minimum atomic E-state index is -0.0616. The second kappa shape index (κ2) is 6.26. The maximum absolute atomic E-state index is 9.76. The number of aliphatic hydroxyl groups is 1. The van der Waals surface area contributed by atoms with Gasteiger partial charge in [0.1, 0.15) is 18.0 Å². The predicted octanol–water partition coefficient (Wildman–Crippen LogP) is 3.76. The largest absolute Gasteiger partial charge is 0.489 e. The number of benzene rings is 1. The molecule has 4 heteroatoms. The maximum atomic E-state index is 9.76. The second-order valence-electron chi connectivity index (χ2n) is 5.77. The van der Waals surface area contributed by atoms with Crippen LogP contribution in [0.5, 0.6) is 5.75 Å². The zero-order valence-corrected chi connectivity index (χ0v) is 13.4. The first-order chi connectivity index (χ1) is 11.1. The highest BCUT2D eigenvalue weighted by Crippen LogP contribution is 2.27. The van der Waals surface area contributed by atoms with Crippen molar-refractivity contribution in [1.82, 2.24) is 9.38 Å². The smallest absolute Gasteiger partial charge is 0.137 e. The highest BCUT2D eigenvalue weighted by molar-refractivity contribution is 5.67. The predicted molar refractivity (Wildman–Crippen MR) is 91.6 cm³/mol. The van der Waals surface area contributed by atoms with Crippen molar-refractivity contribution in [3.05, 3.63) is 66.0 Å². The van der Waals surface area contributed by atoms with Gasteiger partial charge in [-0.3, -0.25) is 0 Å². The van der Waals surface area contributed by atoms with E-state index in [1.165, 1.54) is 0 Å². The Morgan fingerprint density at radius 3 is 2.61 bits per heavy atom. The van der Waals surface area contributed by atoms with Gasteiger partial charge >= 0.3 is 0 Å². The molecule has 0 spiro atoms. The normalized spacial score (nSPS) is 10.9. The molecule has 4 nitrogen and oxygen atoms in total. The molecule has 3 aromatic rings. The zero-order valence-electron chi connectivity index (χ0n) is 13.4. The molecule has 23 heavy (non-hydrogen) atoms. The SMILES string of the molecule is C=C(C)COc1ccc(-c2nc3ccc(C)cn3c2CO)cc1. The topological polar surface area (TPSA) is 46.8 Å². The van der Waals surface area contributed by atoms with E-state index in [0.29, 0.717) is 6.61 Å². The number of aliphatic hydroxyl groups excluding tert-OH is 1. The van der Waals surface area contributed by atoms with Gasteiger partial charge in [-0.1, -0.05) is 12.6 Å². The fourth-order valence-corrected chi connectivity index (χ4v) is 2.50. The lowest BCUT2D eigenvalue weighted by molar-refractivity contribution is 0.276. The van der Waals surface area contributed by atoms with Crippen molar-refractivity contribution in [1.29, 1.82) is 0 Å². The standard InChI is InChI=1S/C19H20N2O2/c1-13(2)12-23-16-7-5-15(6-8-16)19-17(11-22)21-10-14(3)4-9-18(21)20-19/h4-10,22H,1,11-12H2,2-3H3. The Labute approximate surface area is 135 Å². The Bertz CT molecular complexity index is 848. The lowest BCUT2D eigenvalue weighted by Gasteiger charge is -2.07. The molecule has 2 aromatic heterocycles. The van der Waals surface area contributed by atoms with Gasteiger partial charge in [-0.05, 0) is 55.3 Å². The van der Waals surface area contributed by atoms with Crippen molar-refractivity contribution < 1.29 is 9.84 Å². The maximum Gasteiger partial charge on any atom is 0.137 e. The van der Waals surface area contributed by atoms with E-state index in [-0.39, 0.29) is 6.61 Å². The summed E-state index contributed by atoms with van der Waals surface area (Å²) in [5.74, 6) is 0.793. The van der Waals surface area contributed by atoms with Gasteiger partial charge in [0.2, 0.25) is 0 Å². The summed E-state index contributed by atoms with van der Waals surface area (Å²) in [6.07, 6.45) is 1.99. The van der Waals surface area contributed by atoms with Crippen LogP contribution in [0.1, 0.15) is 18.2 Å². The Balaban J connectivity index is 1.98. The molecular weight excluding hydrogens is 288 g/mol. The lowest BCUT2D eigenvalue weighted by Crippen LogP contribution is -1.97. The molecule has 0 unspecified atom stereocenters. The monoisotopic (exact) mass is 308 g/mol. The number of ether oxygens (including phenoxy) is 1. The molecule has 0 bridgehead atoms. The van der Waals surface area contributed by atoms with Crippen LogP contribution in [0.25, 0.3) is 16.9 Å². The number of pyridine rings is 1. The number of fused-ring (bicyclic) bond motifs is 1. The Morgan fingerprint density at radius 1 is 1.22 bits per heavy atom. The number of imidazole rings is 1. The van der Waals surface area contributed by atoms with Crippen molar-refractivity contribution in [3.8, 4) is 17.0 Å². The molecule has 3 rings (SSSR count). The third-order valence-corrected chi connectivity index (χ3v) is 3.63. The summed E-state index contributed by atoms with van der Waals surface area (Å²) in [5.41, 5.74) is 5.48. The first-order valence-corrected chi connectivity index (χ1v) is 7.54. The van der Waals surface area contributed by atoms with Crippen LogP contribution < -0.4 is 4.74 Å². The fraction of sp³-hybridized carbons (Fsp3) is 0.211. The van der Waals surface area contributed by atoms with Crippen molar-refractivity contribution in [2.75, 3.05) is 6.61 Å². The van der Waals surface area contributed by atoms with E-state index >= 15 is 0 Å². The van der Waals surface area contributed by atoms with Crippen LogP contribution in [0.15, 0.2) is 54.7 Å². The van der Waals surface area contributed by atoms with Gasteiger partial charge in [-0.2, -0.15) is 0 Å². The molecular formula is C19H20N2O2. The van der Waals surface area contributed by atoms with E-state index < -0.39 is 0 Å². The van der Waals surface area contributed by atoms with Crippen LogP contribution in [0.3, 0.4) is 0 Å². The minimum absolute atomic E-state index is 0.0616. The van der Waals surface area contributed by atoms with Crippen LogP contribution in [0.2, 0.25) is 0 Å². The lowest BCUT2D eigenvalue weighted by atomic mass is 10.1.